The van der Waals surface area contributed by atoms with E-state index in [0.29, 0.717) is 10.6 Å². The van der Waals surface area contributed by atoms with E-state index in [9.17, 15) is 29.8 Å². The van der Waals surface area contributed by atoms with Gasteiger partial charge in [-0.2, -0.15) is 5.10 Å². The Kier molecular flexibility index (Phi) is 6.42. The highest BCUT2D eigenvalue weighted by Crippen LogP contribution is 2.22. The smallest absolute Gasteiger partial charge is 0.322 e. The first-order valence-corrected chi connectivity index (χ1v) is 9.38. The normalized spacial score (nSPS) is 10.6. The molecule has 0 unspecified atom stereocenters. The number of nitrogens with one attached hydrogen (secondary N) is 2. The van der Waals surface area contributed by atoms with E-state index in [-0.39, 0.29) is 21.8 Å². The average molecular weight is 439 g/mol. The van der Waals surface area contributed by atoms with E-state index in [2.05, 4.69) is 15.8 Å². The summed E-state index contributed by atoms with van der Waals surface area (Å²) in [5.41, 5.74) is 2.69. The Morgan fingerprint density at radius 2 is 1.61 bits per heavy atom. The molecule has 0 aliphatic heterocycles. The first kappa shape index (κ1) is 21.3. The van der Waals surface area contributed by atoms with Crippen LogP contribution in [0, 0.1) is 20.2 Å². The predicted octanol–water partition coefficient (Wildman–Crippen LogP) is 3.58. The van der Waals surface area contributed by atoms with Crippen LogP contribution in [0.4, 0.5) is 16.4 Å². The molecule has 31 heavy (non-hydrogen) atoms. The number of nitrogens with zero attached hydrogens (tertiary/aromatic N) is 3. The van der Waals surface area contributed by atoms with Crippen molar-refractivity contribution in [2.24, 2.45) is 5.10 Å². The zero-order chi connectivity index (χ0) is 22.4. The van der Waals surface area contributed by atoms with Gasteiger partial charge in [-0.1, -0.05) is 23.5 Å². The van der Waals surface area contributed by atoms with Crippen molar-refractivity contribution in [3.8, 4) is 0 Å². The third kappa shape index (κ3) is 5.55. The van der Waals surface area contributed by atoms with E-state index in [4.69, 9.17) is 0 Å². The van der Waals surface area contributed by atoms with Crippen molar-refractivity contribution in [1.29, 1.82) is 0 Å². The molecule has 2 aromatic carbocycles. The van der Waals surface area contributed by atoms with Gasteiger partial charge in [-0.25, -0.2) is 5.43 Å². The van der Waals surface area contributed by atoms with Crippen LogP contribution in [0.1, 0.15) is 25.6 Å². The van der Waals surface area contributed by atoms with Crippen LogP contribution in [0.3, 0.4) is 0 Å². The summed E-state index contributed by atoms with van der Waals surface area (Å²) in [6.07, 6.45) is 1.28. The summed E-state index contributed by atoms with van der Waals surface area (Å²) in [4.78, 5) is 45.5. The lowest BCUT2D eigenvalue weighted by atomic mass is 10.1. The van der Waals surface area contributed by atoms with Gasteiger partial charge in [-0.3, -0.25) is 29.8 Å². The van der Waals surface area contributed by atoms with Crippen LogP contribution in [0.5, 0.6) is 0 Å². The maximum atomic E-state index is 12.3. The molecular formula is C19H13N5O6S. The number of non-ortho nitro benzene ring substituents is 1. The Hall–Kier alpha value is -4.45. The number of benzene rings is 2. The van der Waals surface area contributed by atoms with Crippen LogP contribution in [0.2, 0.25) is 0 Å². The van der Waals surface area contributed by atoms with Gasteiger partial charge in [0, 0.05) is 35.0 Å². The van der Waals surface area contributed by atoms with Crippen molar-refractivity contribution in [3.63, 3.8) is 0 Å². The van der Waals surface area contributed by atoms with E-state index in [0.717, 1.165) is 17.4 Å². The van der Waals surface area contributed by atoms with Crippen molar-refractivity contribution in [1.82, 2.24) is 5.43 Å². The molecule has 11 nitrogen and oxygen atoms in total. The average Bonchev–Trinajstić information content (AvgIpc) is 3.23. The largest absolute Gasteiger partial charge is 0.324 e. The number of hydrazone groups is 1. The van der Waals surface area contributed by atoms with Crippen molar-refractivity contribution >= 4 is 45.7 Å². The van der Waals surface area contributed by atoms with Crippen LogP contribution in [0.15, 0.2) is 65.8 Å². The fraction of sp³-hybridized carbons (Fsp3) is 0. The topological polar surface area (TPSA) is 157 Å². The summed E-state index contributed by atoms with van der Waals surface area (Å²) in [7, 11) is 0. The quantitative estimate of drug-likeness (QED) is 0.325. The molecule has 0 saturated carbocycles. The van der Waals surface area contributed by atoms with Crippen molar-refractivity contribution in [2.45, 2.75) is 0 Å². The third-order valence-electron chi connectivity index (χ3n) is 3.85. The summed E-state index contributed by atoms with van der Waals surface area (Å²) in [5, 5.41) is 27.8. The summed E-state index contributed by atoms with van der Waals surface area (Å²) in [6, 6.07) is 14.1. The number of amides is 2. The van der Waals surface area contributed by atoms with Crippen molar-refractivity contribution in [2.75, 3.05) is 5.32 Å². The van der Waals surface area contributed by atoms with Gasteiger partial charge < -0.3 is 5.32 Å². The number of hydrogen-bond acceptors (Lipinski definition) is 8. The highest BCUT2D eigenvalue weighted by molar-refractivity contribution is 7.16. The molecule has 1 heterocycles. The van der Waals surface area contributed by atoms with Crippen LogP contribution in [-0.2, 0) is 0 Å². The van der Waals surface area contributed by atoms with Gasteiger partial charge in [0.25, 0.3) is 17.5 Å². The number of thiophene rings is 1. The van der Waals surface area contributed by atoms with E-state index < -0.39 is 21.7 Å². The Morgan fingerprint density at radius 1 is 0.903 bits per heavy atom. The fourth-order valence-electron chi connectivity index (χ4n) is 2.43. The van der Waals surface area contributed by atoms with E-state index in [1.807, 2.05) is 0 Å². The molecule has 0 aliphatic rings. The molecule has 0 atom stereocenters. The number of nitro benzene ring substituents is 1. The monoisotopic (exact) mass is 439 g/mol. The molecule has 12 heteroatoms. The minimum absolute atomic E-state index is 0.0417. The summed E-state index contributed by atoms with van der Waals surface area (Å²) < 4.78 is 0. The lowest BCUT2D eigenvalue weighted by Gasteiger charge is -2.07. The van der Waals surface area contributed by atoms with Gasteiger partial charge in [0.05, 0.1) is 20.9 Å². The maximum Gasteiger partial charge on any atom is 0.324 e. The van der Waals surface area contributed by atoms with E-state index >= 15 is 0 Å². The lowest BCUT2D eigenvalue weighted by molar-refractivity contribution is -0.384. The Balaban J connectivity index is 1.65. The molecule has 3 aromatic rings. The fourth-order valence-corrected chi connectivity index (χ4v) is 3.12. The zero-order valence-electron chi connectivity index (χ0n) is 15.6. The van der Waals surface area contributed by atoms with E-state index in [1.165, 1.54) is 48.7 Å². The second-order valence-electron chi connectivity index (χ2n) is 5.97. The molecule has 0 radical (unpaired) electrons. The van der Waals surface area contributed by atoms with E-state index in [1.54, 1.807) is 12.1 Å². The highest BCUT2D eigenvalue weighted by Gasteiger charge is 2.13. The standard InChI is InChI=1S/C19H13N5O6S/c25-18(13-4-2-6-15(10-13)23(27)28)21-14-5-1-3-12(9-14)19(26)22-20-11-16-7-8-17(31-16)24(29)30/h1-11H,(H,21,25)(H,22,26)/b20-11-. The van der Waals surface area contributed by atoms with Crippen LogP contribution >= 0.6 is 11.3 Å². The first-order chi connectivity index (χ1) is 14.8. The Labute approximate surface area is 178 Å². The van der Waals surface area contributed by atoms with Crippen molar-refractivity contribution in [3.05, 3.63) is 96.9 Å². The van der Waals surface area contributed by atoms with Gasteiger partial charge in [-0.15, -0.1) is 0 Å². The summed E-state index contributed by atoms with van der Waals surface area (Å²) >= 11 is 0.909. The first-order valence-electron chi connectivity index (χ1n) is 8.57. The highest BCUT2D eigenvalue weighted by atomic mass is 32.1. The Morgan fingerprint density at radius 3 is 2.29 bits per heavy atom. The van der Waals surface area contributed by atoms with Gasteiger partial charge >= 0.3 is 5.00 Å². The molecule has 0 aliphatic carbocycles. The lowest BCUT2D eigenvalue weighted by Crippen LogP contribution is -2.18. The van der Waals surface area contributed by atoms with Gasteiger partial charge in [0.15, 0.2) is 0 Å². The summed E-state index contributed by atoms with van der Waals surface area (Å²) in [5.74, 6) is -1.13. The number of rotatable bonds is 7. The second-order valence-corrected chi connectivity index (χ2v) is 7.07. The molecular weight excluding hydrogens is 426 g/mol. The minimum Gasteiger partial charge on any atom is -0.322 e. The molecule has 0 saturated heterocycles. The summed E-state index contributed by atoms with van der Waals surface area (Å²) in [6.45, 7) is 0. The third-order valence-corrected chi connectivity index (χ3v) is 4.82. The second kappa shape index (κ2) is 9.37. The predicted molar refractivity (Wildman–Crippen MR) is 114 cm³/mol. The molecule has 2 amide bonds. The number of nitro groups is 2. The number of carbonyl (C=O) groups excluding carboxylic acids is 2. The molecule has 3 rings (SSSR count). The van der Waals surface area contributed by atoms with Gasteiger partial charge in [0.2, 0.25) is 0 Å². The van der Waals surface area contributed by atoms with Crippen LogP contribution in [0.25, 0.3) is 0 Å². The SMILES string of the molecule is O=C(N/N=C\c1ccc([N+](=O)[O-])s1)c1cccc(NC(=O)c2cccc([N+](=O)[O-])c2)c1. The number of hydrogen-bond donors (Lipinski definition) is 2. The minimum atomic E-state index is -0.601. The molecule has 1 aromatic heterocycles. The molecule has 2 N–H and O–H groups in total. The number of anilines is 1. The maximum absolute atomic E-state index is 12.3. The van der Waals surface area contributed by atoms with Crippen LogP contribution in [-0.4, -0.2) is 27.9 Å². The van der Waals surface area contributed by atoms with Gasteiger partial charge in [0.1, 0.15) is 0 Å². The zero-order valence-corrected chi connectivity index (χ0v) is 16.4. The molecule has 156 valence electrons. The van der Waals surface area contributed by atoms with Crippen molar-refractivity contribution < 1.29 is 19.4 Å². The van der Waals surface area contributed by atoms with Crippen LogP contribution < -0.4 is 10.7 Å². The Bertz CT molecular complexity index is 1210. The van der Waals surface area contributed by atoms with Gasteiger partial charge in [-0.05, 0) is 30.3 Å². The molecule has 0 bridgehead atoms. The number of carbonyl (C=O) groups is 2. The molecule has 0 fully saturated rings. The molecule has 0 spiro atoms.